The molecule has 0 aliphatic carbocycles. The molecule has 0 saturated heterocycles. The molecule has 0 fully saturated rings. The molecule has 0 aromatic heterocycles. The maximum atomic E-state index is 11.5. The normalized spacial score (nSPS) is 11.6. The van der Waals surface area contributed by atoms with E-state index < -0.39 is 16.8 Å². The van der Waals surface area contributed by atoms with Gasteiger partial charge >= 0.3 is 5.97 Å². The number of methoxy groups -OCH3 is 2. The van der Waals surface area contributed by atoms with Gasteiger partial charge in [0.2, 0.25) is 0 Å². The first-order valence-electron chi connectivity index (χ1n) is 5.36. The first kappa shape index (κ1) is 15.8. The fourth-order valence-corrected chi connectivity index (χ4v) is 1.70. The Bertz CT molecular complexity index is 569. The number of rotatable bonds is 5. The highest BCUT2D eigenvalue weighted by molar-refractivity contribution is 6.31. The Morgan fingerprint density at radius 1 is 1.35 bits per heavy atom. The van der Waals surface area contributed by atoms with E-state index in [1.807, 2.05) is 0 Å². The average Bonchev–Trinajstić information content (AvgIpc) is 2.44. The first-order valence-corrected chi connectivity index (χ1v) is 5.73. The van der Waals surface area contributed by atoms with Gasteiger partial charge in [0.1, 0.15) is 0 Å². The zero-order valence-corrected chi connectivity index (χ0v) is 11.5. The number of nitro groups is 1. The third-order valence-corrected chi connectivity index (χ3v) is 2.83. The summed E-state index contributed by atoms with van der Waals surface area (Å²) in [6, 6.07) is 3.74. The molecule has 0 N–H and O–H groups in total. The molecule has 0 spiro atoms. The van der Waals surface area contributed by atoms with Crippen molar-refractivity contribution in [2.45, 2.75) is 6.42 Å². The third-order valence-electron chi connectivity index (χ3n) is 2.48. The van der Waals surface area contributed by atoms with Crippen molar-refractivity contribution in [1.29, 1.82) is 0 Å². The van der Waals surface area contributed by atoms with Crippen LogP contribution in [0.15, 0.2) is 29.7 Å². The molecule has 7 nitrogen and oxygen atoms in total. The second-order valence-corrected chi connectivity index (χ2v) is 4.08. The molecular formula is C12H11ClNO6-. The highest BCUT2D eigenvalue weighted by atomic mass is 35.5. The second-order valence-electron chi connectivity index (χ2n) is 3.67. The number of benzene rings is 1. The minimum absolute atomic E-state index is 0.0736. The number of ether oxygens (including phenoxy) is 2. The van der Waals surface area contributed by atoms with E-state index in [2.05, 4.69) is 9.47 Å². The predicted molar refractivity (Wildman–Crippen MR) is 67.9 cm³/mol. The molecule has 1 aromatic rings. The zero-order chi connectivity index (χ0) is 15.3. The number of hydrogen-bond acceptors (Lipinski definition) is 6. The number of esters is 1. The van der Waals surface area contributed by atoms with E-state index in [9.17, 15) is 20.0 Å². The molecule has 0 amide bonds. The largest absolute Gasteiger partial charge is 0.616 e. The molecule has 108 valence electrons. The zero-order valence-electron chi connectivity index (χ0n) is 10.7. The maximum absolute atomic E-state index is 11.5. The van der Waals surface area contributed by atoms with Crippen LogP contribution in [0.25, 0.3) is 0 Å². The second kappa shape index (κ2) is 6.76. The Balaban J connectivity index is 3.13. The van der Waals surface area contributed by atoms with E-state index in [1.54, 1.807) is 0 Å². The number of carbonyl (C=O) groups is 1. The minimum atomic E-state index is -0.841. The van der Waals surface area contributed by atoms with Gasteiger partial charge in [-0.15, -0.1) is 0 Å². The van der Waals surface area contributed by atoms with Crippen LogP contribution in [0.5, 0.6) is 0 Å². The van der Waals surface area contributed by atoms with Crippen LogP contribution in [0.4, 0.5) is 5.69 Å². The van der Waals surface area contributed by atoms with Crippen LogP contribution in [0.3, 0.4) is 0 Å². The molecule has 8 heteroatoms. The molecule has 0 heterocycles. The quantitative estimate of drug-likeness (QED) is 0.266. The van der Waals surface area contributed by atoms with E-state index >= 15 is 0 Å². The van der Waals surface area contributed by atoms with Crippen molar-refractivity contribution in [3.63, 3.8) is 0 Å². The summed E-state index contributed by atoms with van der Waals surface area (Å²) in [6.45, 7) is 0. The van der Waals surface area contributed by atoms with Crippen molar-refractivity contribution in [3.8, 4) is 0 Å². The molecule has 0 aliphatic rings. The fourth-order valence-electron chi connectivity index (χ4n) is 1.46. The van der Waals surface area contributed by atoms with Gasteiger partial charge in [-0.2, -0.15) is 0 Å². The summed E-state index contributed by atoms with van der Waals surface area (Å²) in [5, 5.41) is 22.2. The number of carbonyl (C=O) groups excluding carboxylic acids is 1. The molecule has 0 atom stereocenters. The molecule has 1 aromatic carbocycles. The Morgan fingerprint density at radius 2 is 2.00 bits per heavy atom. The monoisotopic (exact) mass is 300 g/mol. The molecular weight excluding hydrogens is 290 g/mol. The van der Waals surface area contributed by atoms with Gasteiger partial charge in [-0.05, 0) is 12.7 Å². The number of nitro benzene ring substituents is 1. The van der Waals surface area contributed by atoms with Crippen LogP contribution >= 0.6 is 11.6 Å². The molecule has 1 rings (SSSR count). The van der Waals surface area contributed by atoms with Crippen LogP contribution in [0, 0.1) is 10.1 Å². The van der Waals surface area contributed by atoms with Crippen molar-refractivity contribution in [2.75, 3.05) is 14.2 Å². The lowest BCUT2D eigenvalue weighted by Gasteiger charge is -2.15. The highest BCUT2D eigenvalue weighted by Crippen LogP contribution is 2.25. The van der Waals surface area contributed by atoms with Crippen molar-refractivity contribution >= 4 is 23.3 Å². The predicted octanol–water partition coefficient (Wildman–Crippen LogP) is 1.18. The van der Waals surface area contributed by atoms with Crippen LogP contribution in [0.2, 0.25) is 5.02 Å². The van der Waals surface area contributed by atoms with Crippen molar-refractivity contribution < 1.29 is 24.3 Å². The Hall–Kier alpha value is -2.28. The number of halogens is 1. The Kier molecular flexibility index (Phi) is 5.33. The van der Waals surface area contributed by atoms with Gasteiger partial charge in [-0.3, -0.25) is 10.1 Å². The maximum Gasteiger partial charge on any atom is 0.335 e. The minimum Gasteiger partial charge on any atom is -0.616 e. The third kappa shape index (κ3) is 3.61. The van der Waals surface area contributed by atoms with E-state index in [1.165, 1.54) is 12.1 Å². The van der Waals surface area contributed by atoms with E-state index in [4.69, 9.17) is 11.6 Å². The smallest absolute Gasteiger partial charge is 0.335 e. The summed E-state index contributed by atoms with van der Waals surface area (Å²) < 4.78 is 8.96. The lowest BCUT2D eigenvalue weighted by Crippen LogP contribution is -2.18. The summed E-state index contributed by atoms with van der Waals surface area (Å²) in [5.41, 5.74) is -0.0507. The number of hydrogen-bond donors (Lipinski definition) is 0. The molecule has 0 bridgehead atoms. The summed E-state index contributed by atoms with van der Waals surface area (Å²) in [4.78, 5) is 21.5. The van der Waals surface area contributed by atoms with E-state index in [0.29, 0.717) is 5.56 Å². The topological polar surface area (TPSA) is 102 Å². The van der Waals surface area contributed by atoms with Gasteiger partial charge in [0.15, 0.2) is 0 Å². The SMILES string of the molecule is COC(=O)/C(Cc1ccc([N+](=O)[O-])cc1Cl)=C(\[O-])OC. The molecule has 0 aliphatic heterocycles. The lowest BCUT2D eigenvalue weighted by atomic mass is 10.1. The standard InChI is InChI=1S/C12H12ClNO6/c1-19-11(15)9(12(16)20-2)5-7-3-4-8(14(17)18)6-10(7)13/h3-4,6,15H,5H2,1-2H3/p-1/b11-9+. The van der Waals surface area contributed by atoms with Gasteiger partial charge in [-0.1, -0.05) is 17.7 Å². The number of non-ortho nitro benzene ring substituents is 1. The molecule has 0 saturated carbocycles. The summed E-state index contributed by atoms with van der Waals surface area (Å²) >= 11 is 5.89. The Morgan fingerprint density at radius 3 is 2.45 bits per heavy atom. The Labute approximate surface area is 119 Å². The van der Waals surface area contributed by atoms with Crippen LogP contribution in [0.1, 0.15) is 5.56 Å². The molecule has 0 unspecified atom stereocenters. The van der Waals surface area contributed by atoms with Crippen LogP contribution < -0.4 is 5.11 Å². The summed E-state index contributed by atoms with van der Waals surface area (Å²) in [5.74, 6) is -1.68. The molecule has 0 radical (unpaired) electrons. The first-order chi connectivity index (χ1) is 9.40. The van der Waals surface area contributed by atoms with Crippen LogP contribution in [-0.2, 0) is 20.7 Å². The van der Waals surface area contributed by atoms with E-state index in [-0.39, 0.29) is 22.7 Å². The molecule has 20 heavy (non-hydrogen) atoms. The average molecular weight is 301 g/mol. The van der Waals surface area contributed by atoms with Gasteiger partial charge in [0.05, 0.1) is 28.6 Å². The van der Waals surface area contributed by atoms with Gasteiger partial charge in [0.25, 0.3) is 5.69 Å². The van der Waals surface area contributed by atoms with Gasteiger partial charge < -0.3 is 14.6 Å². The summed E-state index contributed by atoms with van der Waals surface area (Å²) in [6.07, 6.45) is -0.143. The van der Waals surface area contributed by atoms with Crippen LogP contribution in [-0.4, -0.2) is 25.1 Å². The van der Waals surface area contributed by atoms with Gasteiger partial charge in [-0.25, -0.2) is 4.79 Å². The van der Waals surface area contributed by atoms with Crippen molar-refractivity contribution in [3.05, 3.63) is 50.4 Å². The number of nitrogens with zero attached hydrogens (tertiary/aromatic N) is 1. The summed E-state index contributed by atoms with van der Waals surface area (Å²) in [7, 11) is 2.26. The lowest BCUT2D eigenvalue weighted by molar-refractivity contribution is -0.384. The van der Waals surface area contributed by atoms with Crippen molar-refractivity contribution in [2.24, 2.45) is 0 Å². The van der Waals surface area contributed by atoms with Crippen molar-refractivity contribution in [1.82, 2.24) is 0 Å². The highest BCUT2D eigenvalue weighted by Gasteiger charge is 2.16. The van der Waals surface area contributed by atoms with Gasteiger partial charge in [0, 0.05) is 18.6 Å². The fraction of sp³-hybridized carbons (Fsp3) is 0.250. The van der Waals surface area contributed by atoms with E-state index in [0.717, 1.165) is 20.3 Å².